The summed E-state index contributed by atoms with van der Waals surface area (Å²) in [5, 5.41) is 6.56. The first-order valence-electron chi connectivity index (χ1n) is 5.21. The monoisotopic (exact) mass is 250 g/mol. The van der Waals surface area contributed by atoms with Crippen LogP contribution in [0.25, 0.3) is 0 Å². The van der Waals surface area contributed by atoms with Gasteiger partial charge in [0.2, 0.25) is 12.3 Å². The molecule has 2 aromatic rings. The zero-order valence-corrected chi connectivity index (χ0v) is 9.39. The number of benzene rings is 1. The van der Waals surface area contributed by atoms with Gasteiger partial charge in [-0.3, -0.25) is 4.79 Å². The molecule has 0 aliphatic carbocycles. The molecule has 0 spiro atoms. The SMILES string of the molecule is NC(=O)c1ccc(CNCc2ncon2)c(F)c1. The maximum atomic E-state index is 13.6. The predicted molar refractivity (Wildman–Crippen MR) is 59.8 cm³/mol. The molecule has 0 atom stereocenters. The van der Waals surface area contributed by atoms with Crippen molar-refractivity contribution in [2.45, 2.75) is 13.1 Å². The third kappa shape index (κ3) is 2.89. The van der Waals surface area contributed by atoms with Gasteiger partial charge in [-0.25, -0.2) is 4.39 Å². The Balaban J connectivity index is 1.95. The molecule has 3 N–H and O–H groups in total. The summed E-state index contributed by atoms with van der Waals surface area (Å²) in [7, 11) is 0. The van der Waals surface area contributed by atoms with E-state index in [-0.39, 0.29) is 5.56 Å². The Labute approximate surface area is 102 Å². The highest BCUT2D eigenvalue weighted by Gasteiger charge is 2.07. The maximum Gasteiger partial charge on any atom is 0.248 e. The van der Waals surface area contributed by atoms with E-state index in [4.69, 9.17) is 5.73 Å². The van der Waals surface area contributed by atoms with Gasteiger partial charge in [-0.2, -0.15) is 4.98 Å². The zero-order valence-electron chi connectivity index (χ0n) is 9.39. The van der Waals surface area contributed by atoms with Crippen molar-refractivity contribution in [1.29, 1.82) is 0 Å². The van der Waals surface area contributed by atoms with E-state index in [1.165, 1.54) is 18.5 Å². The van der Waals surface area contributed by atoms with Crippen LogP contribution in [0.2, 0.25) is 0 Å². The topological polar surface area (TPSA) is 94.0 Å². The van der Waals surface area contributed by atoms with Crippen LogP contribution in [0.1, 0.15) is 21.7 Å². The number of rotatable bonds is 5. The standard InChI is InChI=1S/C11H11FN4O2/c12-9-3-7(11(13)17)1-2-8(9)4-14-5-10-15-6-18-16-10/h1-3,6,14H,4-5H2,(H2,13,17). The van der Waals surface area contributed by atoms with E-state index in [0.29, 0.717) is 24.5 Å². The minimum Gasteiger partial charge on any atom is -0.366 e. The number of hydrogen-bond acceptors (Lipinski definition) is 5. The molecule has 0 saturated carbocycles. The number of carbonyl (C=O) groups excluding carboxylic acids is 1. The molecule has 0 aliphatic heterocycles. The lowest BCUT2D eigenvalue weighted by atomic mass is 10.1. The molecular formula is C11H11FN4O2. The number of nitrogens with one attached hydrogen (secondary N) is 1. The number of aromatic nitrogens is 2. The molecule has 7 heteroatoms. The van der Waals surface area contributed by atoms with Gasteiger partial charge in [-0.05, 0) is 12.1 Å². The third-order valence-corrected chi connectivity index (χ3v) is 2.34. The van der Waals surface area contributed by atoms with Crippen LogP contribution >= 0.6 is 0 Å². The average Bonchev–Trinajstić information content (AvgIpc) is 2.84. The second-order valence-electron chi connectivity index (χ2n) is 3.62. The van der Waals surface area contributed by atoms with Gasteiger partial charge < -0.3 is 15.6 Å². The van der Waals surface area contributed by atoms with E-state index < -0.39 is 11.7 Å². The van der Waals surface area contributed by atoms with E-state index in [1.54, 1.807) is 0 Å². The number of nitrogens with zero attached hydrogens (tertiary/aromatic N) is 2. The van der Waals surface area contributed by atoms with Crippen molar-refractivity contribution >= 4 is 5.91 Å². The van der Waals surface area contributed by atoms with Gasteiger partial charge in [0.25, 0.3) is 0 Å². The Morgan fingerprint density at radius 3 is 2.89 bits per heavy atom. The van der Waals surface area contributed by atoms with Gasteiger partial charge >= 0.3 is 0 Å². The van der Waals surface area contributed by atoms with E-state index in [9.17, 15) is 9.18 Å². The number of hydrogen-bond donors (Lipinski definition) is 2. The largest absolute Gasteiger partial charge is 0.366 e. The van der Waals surface area contributed by atoms with E-state index in [1.807, 2.05) is 0 Å². The lowest BCUT2D eigenvalue weighted by Gasteiger charge is -2.05. The fraction of sp³-hybridized carbons (Fsp3) is 0.182. The summed E-state index contributed by atoms with van der Waals surface area (Å²) in [5.74, 6) is -0.642. The summed E-state index contributed by atoms with van der Waals surface area (Å²) in [5.41, 5.74) is 5.63. The van der Waals surface area contributed by atoms with Crippen LogP contribution in [0, 0.1) is 5.82 Å². The molecule has 2 rings (SSSR count). The zero-order chi connectivity index (χ0) is 13.0. The lowest BCUT2D eigenvalue weighted by molar-refractivity contribution is 0.1000. The molecule has 0 bridgehead atoms. The Kier molecular flexibility index (Phi) is 3.63. The van der Waals surface area contributed by atoms with Crippen LogP contribution in [-0.2, 0) is 13.1 Å². The number of primary amides is 1. The fourth-order valence-corrected chi connectivity index (χ4v) is 1.42. The predicted octanol–water partition coefficient (Wildman–Crippen LogP) is 0.597. The smallest absolute Gasteiger partial charge is 0.248 e. The molecular weight excluding hydrogens is 239 g/mol. The molecule has 0 fully saturated rings. The number of halogens is 1. The van der Waals surface area contributed by atoms with E-state index >= 15 is 0 Å². The van der Waals surface area contributed by atoms with Crippen LogP contribution in [0.5, 0.6) is 0 Å². The minimum atomic E-state index is -0.653. The molecule has 0 radical (unpaired) electrons. The van der Waals surface area contributed by atoms with Crippen LogP contribution in [0.4, 0.5) is 4.39 Å². The molecule has 0 saturated heterocycles. The van der Waals surface area contributed by atoms with Gasteiger partial charge in [0.1, 0.15) is 5.82 Å². The Morgan fingerprint density at radius 2 is 2.28 bits per heavy atom. The third-order valence-electron chi connectivity index (χ3n) is 2.34. The second-order valence-corrected chi connectivity index (χ2v) is 3.62. The molecule has 6 nitrogen and oxygen atoms in total. The second kappa shape index (κ2) is 5.37. The molecule has 1 heterocycles. The molecule has 0 aliphatic rings. The van der Waals surface area contributed by atoms with Crippen molar-refractivity contribution in [3.05, 3.63) is 47.4 Å². The van der Waals surface area contributed by atoms with Crippen molar-refractivity contribution in [2.75, 3.05) is 0 Å². The number of carbonyl (C=O) groups is 1. The van der Waals surface area contributed by atoms with Crippen molar-refractivity contribution in [3.63, 3.8) is 0 Å². The first-order chi connectivity index (χ1) is 8.66. The fourth-order valence-electron chi connectivity index (χ4n) is 1.42. The Bertz CT molecular complexity index is 542. The average molecular weight is 250 g/mol. The molecule has 1 aromatic carbocycles. The minimum absolute atomic E-state index is 0.148. The summed E-state index contributed by atoms with van der Waals surface area (Å²) in [6, 6.07) is 4.11. The van der Waals surface area contributed by atoms with Crippen molar-refractivity contribution in [1.82, 2.24) is 15.5 Å². The molecule has 94 valence electrons. The van der Waals surface area contributed by atoms with Crippen LogP contribution in [0.15, 0.2) is 29.1 Å². The summed E-state index contributed by atoms with van der Waals surface area (Å²) in [6.45, 7) is 0.660. The summed E-state index contributed by atoms with van der Waals surface area (Å²) in [6.07, 6.45) is 1.22. The highest BCUT2D eigenvalue weighted by Crippen LogP contribution is 2.10. The van der Waals surface area contributed by atoms with Gasteiger partial charge in [0.15, 0.2) is 5.82 Å². The molecule has 1 amide bonds. The maximum absolute atomic E-state index is 13.6. The first-order valence-corrected chi connectivity index (χ1v) is 5.21. The molecule has 1 aromatic heterocycles. The Morgan fingerprint density at radius 1 is 1.44 bits per heavy atom. The van der Waals surface area contributed by atoms with Crippen LogP contribution in [0.3, 0.4) is 0 Å². The van der Waals surface area contributed by atoms with Gasteiger partial charge in [-0.15, -0.1) is 0 Å². The highest BCUT2D eigenvalue weighted by atomic mass is 19.1. The highest BCUT2D eigenvalue weighted by molar-refractivity contribution is 5.92. The number of nitrogens with two attached hydrogens (primary N) is 1. The summed E-state index contributed by atoms with van der Waals surface area (Å²) >= 11 is 0. The number of amides is 1. The summed E-state index contributed by atoms with van der Waals surface area (Å²) < 4.78 is 18.1. The van der Waals surface area contributed by atoms with Crippen LogP contribution in [-0.4, -0.2) is 16.0 Å². The van der Waals surface area contributed by atoms with Gasteiger partial charge in [0, 0.05) is 17.7 Å². The van der Waals surface area contributed by atoms with Crippen molar-refractivity contribution in [2.24, 2.45) is 5.73 Å². The van der Waals surface area contributed by atoms with Crippen LogP contribution < -0.4 is 11.1 Å². The lowest BCUT2D eigenvalue weighted by Crippen LogP contribution is -2.16. The van der Waals surface area contributed by atoms with E-state index in [0.717, 1.165) is 6.07 Å². The van der Waals surface area contributed by atoms with Crippen molar-refractivity contribution < 1.29 is 13.7 Å². The summed E-state index contributed by atoms with van der Waals surface area (Å²) in [4.78, 5) is 14.7. The van der Waals surface area contributed by atoms with E-state index in [2.05, 4.69) is 20.0 Å². The van der Waals surface area contributed by atoms with Crippen molar-refractivity contribution in [3.8, 4) is 0 Å². The quantitative estimate of drug-likeness (QED) is 0.810. The first kappa shape index (κ1) is 12.2. The molecule has 18 heavy (non-hydrogen) atoms. The van der Waals surface area contributed by atoms with Gasteiger partial charge in [0.05, 0.1) is 6.54 Å². The normalized spacial score (nSPS) is 10.5. The Hall–Kier alpha value is -2.28. The molecule has 0 unspecified atom stereocenters. The van der Waals surface area contributed by atoms with Gasteiger partial charge in [-0.1, -0.05) is 11.2 Å².